The second-order valence-corrected chi connectivity index (χ2v) is 8.18. The van der Waals surface area contributed by atoms with Gasteiger partial charge in [-0.2, -0.15) is 0 Å². The molecule has 6 nitrogen and oxygen atoms in total. The van der Waals surface area contributed by atoms with Gasteiger partial charge in [-0.15, -0.1) is 0 Å². The number of hydrogen-bond donors (Lipinski definition) is 0. The van der Waals surface area contributed by atoms with Gasteiger partial charge in [0.15, 0.2) is 0 Å². The van der Waals surface area contributed by atoms with Gasteiger partial charge in [-0.1, -0.05) is 42.5 Å². The number of carbonyl (C=O) groups is 1. The summed E-state index contributed by atoms with van der Waals surface area (Å²) in [5.74, 6) is -0.405. The number of hydrogen-bond acceptors (Lipinski definition) is 5. The van der Waals surface area contributed by atoms with E-state index in [1.807, 2.05) is 18.2 Å². The Balaban J connectivity index is 1.67. The van der Waals surface area contributed by atoms with Crippen LogP contribution in [0.15, 0.2) is 54.6 Å². The first-order valence-corrected chi connectivity index (χ1v) is 10.9. The van der Waals surface area contributed by atoms with E-state index in [1.165, 1.54) is 29.8 Å². The summed E-state index contributed by atoms with van der Waals surface area (Å²) in [5, 5.41) is 0. The van der Waals surface area contributed by atoms with E-state index in [2.05, 4.69) is 17.0 Å². The first-order valence-electron chi connectivity index (χ1n) is 9.89. The van der Waals surface area contributed by atoms with Crippen molar-refractivity contribution in [3.8, 4) is 0 Å². The Labute approximate surface area is 174 Å². The third kappa shape index (κ3) is 5.96. The Morgan fingerprint density at radius 3 is 2.38 bits per heavy atom. The zero-order valence-corrected chi connectivity index (χ0v) is 17.5. The normalized spacial score (nSPS) is 16.7. The van der Waals surface area contributed by atoms with E-state index in [-0.39, 0.29) is 12.6 Å². The Morgan fingerprint density at radius 1 is 1.14 bits per heavy atom. The Kier molecular flexibility index (Phi) is 7.94. The van der Waals surface area contributed by atoms with E-state index in [4.69, 9.17) is 4.74 Å². The highest BCUT2D eigenvalue weighted by molar-refractivity contribution is 7.76. The highest BCUT2D eigenvalue weighted by Crippen LogP contribution is 2.28. The van der Waals surface area contributed by atoms with Gasteiger partial charge in [0, 0.05) is 30.4 Å². The summed E-state index contributed by atoms with van der Waals surface area (Å²) < 4.78 is 29.8. The monoisotopic (exact) mass is 415 g/mol. The molecular weight excluding hydrogens is 388 g/mol. The van der Waals surface area contributed by atoms with Crippen molar-refractivity contribution in [2.75, 3.05) is 26.7 Å². The van der Waals surface area contributed by atoms with Crippen LogP contribution in [0.4, 0.5) is 0 Å². The van der Waals surface area contributed by atoms with E-state index in [9.17, 15) is 13.6 Å². The summed E-state index contributed by atoms with van der Waals surface area (Å²) in [4.78, 5) is 14.0. The quantitative estimate of drug-likeness (QED) is 0.464. The van der Waals surface area contributed by atoms with Crippen molar-refractivity contribution in [2.45, 2.75) is 31.8 Å². The van der Waals surface area contributed by atoms with Crippen LogP contribution in [0.25, 0.3) is 0 Å². The molecule has 2 aromatic rings. The summed E-state index contributed by atoms with van der Waals surface area (Å²) in [7, 11) is 1.34. The summed E-state index contributed by atoms with van der Waals surface area (Å²) in [6.45, 7) is 2.81. The highest BCUT2D eigenvalue weighted by Gasteiger charge is 2.24. The number of methoxy groups -OCH3 is 1. The van der Waals surface area contributed by atoms with Crippen molar-refractivity contribution in [3.05, 3.63) is 71.3 Å². The molecule has 0 aromatic heterocycles. The zero-order valence-electron chi connectivity index (χ0n) is 16.7. The van der Waals surface area contributed by atoms with Gasteiger partial charge in [-0.3, -0.25) is 9.11 Å². The van der Waals surface area contributed by atoms with Crippen molar-refractivity contribution >= 4 is 17.2 Å². The lowest BCUT2D eigenvalue weighted by Crippen LogP contribution is -2.32. The number of ether oxygens (including phenoxy) is 1. The maximum Gasteiger partial charge on any atom is 0.337 e. The average Bonchev–Trinajstić information content (AvgIpc) is 3.28. The predicted molar refractivity (Wildman–Crippen MR) is 112 cm³/mol. The van der Waals surface area contributed by atoms with Crippen molar-refractivity contribution in [3.63, 3.8) is 0 Å². The fourth-order valence-corrected chi connectivity index (χ4v) is 4.34. The van der Waals surface area contributed by atoms with E-state index >= 15 is 0 Å². The molecule has 0 saturated carbocycles. The smallest absolute Gasteiger partial charge is 0.337 e. The van der Waals surface area contributed by atoms with Crippen LogP contribution in [0.5, 0.6) is 0 Å². The molecule has 2 atom stereocenters. The maximum absolute atomic E-state index is 11.8. The largest absolute Gasteiger partial charge is 0.760 e. The molecule has 0 bridgehead atoms. The molecule has 1 heterocycles. The van der Waals surface area contributed by atoms with Gasteiger partial charge < -0.3 is 9.29 Å². The van der Waals surface area contributed by atoms with Gasteiger partial charge in [0.2, 0.25) is 0 Å². The number of nitrogens with zero attached hydrogens (tertiary/aromatic N) is 2. The lowest BCUT2D eigenvalue weighted by atomic mass is 10.0. The van der Waals surface area contributed by atoms with Crippen molar-refractivity contribution in [1.29, 1.82) is 0 Å². The minimum absolute atomic E-state index is 0.214. The zero-order chi connectivity index (χ0) is 20.6. The van der Waals surface area contributed by atoms with Crippen molar-refractivity contribution < 1.29 is 18.3 Å². The van der Waals surface area contributed by atoms with Gasteiger partial charge in [0.05, 0.1) is 12.7 Å². The second-order valence-electron chi connectivity index (χ2n) is 7.23. The minimum Gasteiger partial charge on any atom is -0.760 e. The number of esters is 1. The SMILES string of the molecule is COC(=O)c1ccc(CN(CCC(c2ccccc2)N2CCCC2)S(=O)[O-])cc1. The molecule has 1 aliphatic heterocycles. The molecule has 3 rings (SSSR count). The molecule has 2 unspecified atom stereocenters. The topological polar surface area (TPSA) is 72.9 Å². The summed E-state index contributed by atoms with van der Waals surface area (Å²) in [5.41, 5.74) is 2.51. The molecule has 0 radical (unpaired) electrons. The van der Waals surface area contributed by atoms with Gasteiger partial charge in [-0.05, 0) is 55.6 Å². The molecule has 0 aliphatic carbocycles. The van der Waals surface area contributed by atoms with Crippen LogP contribution >= 0.6 is 0 Å². The molecule has 2 aromatic carbocycles. The number of rotatable bonds is 9. The standard InChI is InChI=1S/C22H28N2O4S/c1-28-22(25)20-11-9-18(10-12-20)17-24(29(26)27)16-13-21(23-14-5-6-15-23)19-7-3-2-4-8-19/h2-4,7-12,21H,5-6,13-17H2,1H3,(H,26,27)/p-1. The molecule has 0 spiro atoms. The molecule has 0 amide bonds. The van der Waals surface area contributed by atoms with Gasteiger partial charge in [0.1, 0.15) is 0 Å². The van der Waals surface area contributed by atoms with Crippen LogP contribution in [0.3, 0.4) is 0 Å². The van der Waals surface area contributed by atoms with Crippen LogP contribution in [0, 0.1) is 0 Å². The van der Waals surface area contributed by atoms with Crippen LogP contribution in [0.1, 0.15) is 46.8 Å². The lowest BCUT2D eigenvalue weighted by Gasteiger charge is -2.31. The summed E-state index contributed by atoms with van der Waals surface area (Å²) in [6.07, 6.45) is 3.11. The molecule has 7 heteroatoms. The maximum atomic E-state index is 11.8. The summed E-state index contributed by atoms with van der Waals surface area (Å²) >= 11 is -2.32. The van der Waals surface area contributed by atoms with Gasteiger partial charge >= 0.3 is 5.97 Å². The van der Waals surface area contributed by atoms with E-state index in [0.717, 1.165) is 25.1 Å². The van der Waals surface area contributed by atoms with Crippen molar-refractivity contribution in [2.24, 2.45) is 0 Å². The predicted octanol–water partition coefficient (Wildman–Crippen LogP) is 3.30. The third-order valence-corrected chi connectivity index (χ3v) is 6.10. The number of carbonyl (C=O) groups excluding carboxylic acids is 1. The Morgan fingerprint density at radius 2 is 1.79 bits per heavy atom. The molecule has 1 aliphatic rings. The first kappa shape index (κ1) is 21.6. The highest BCUT2D eigenvalue weighted by atomic mass is 32.2. The fraction of sp³-hybridized carbons (Fsp3) is 0.409. The average molecular weight is 416 g/mol. The Bertz CT molecular complexity index is 807. The lowest BCUT2D eigenvalue weighted by molar-refractivity contribution is 0.0600. The van der Waals surface area contributed by atoms with Crippen LogP contribution in [-0.2, 0) is 22.5 Å². The molecule has 1 saturated heterocycles. The van der Waals surface area contributed by atoms with Crippen LogP contribution in [0.2, 0.25) is 0 Å². The minimum atomic E-state index is -2.32. The molecule has 1 fully saturated rings. The van der Waals surface area contributed by atoms with Crippen molar-refractivity contribution in [1.82, 2.24) is 9.21 Å². The van der Waals surface area contributed by atoms with Crippen LogP contribution < -0.4 is 0 Å². The molecule has 156 valence electrons. The van der Waals surface area contributed by atoms with Gasteiger partial charge in [-0.25, -0.2) is 9.10 Å². The second kappa shape index (κ2) is 10.6. The molecule has 0 N–H and O–H groups in total. The number of benzene rings is 2. The van der Waals surface area contributed by atoms with Crippen LogP contribution in [-0.4, -0.2) is 50.7 Å². The summed E-state index contributed by atoms with van der Waals surface area (Å²) in [6, 6.07) is 17.4. The fourth-order valence-electron chi connectivity index (χ4n) is 3.83. The van der Waals surface area contributed by atoms with E-state index in [1.54, 1.807) is 24.3 Å². The van der Waals surface area contributed by atoms with E-state index in [0.29, 0.717) is 12.1 Å². The van der Waals surface area contributed by atoms with Gasteiger partial charge in [0.25, 0.3) is 0 Å². The Hall–Kier alpha value is -2.06. The first-order chi connectivity index (χ1) is 14.1. The molecule has 29 heavy (non-hydrogen) atoms. The third-order valence-electron chi connectivity index (χ3n) is 5.36. The van der Waals surface area contributed by atoms with E-state index < -0.39 is 17.2 Å². The number of likely N-dealkylation sites (tertiary alicyclic amines) is 1. The molecular formula is C22H27N2O4S-.